The summed E-state index contributed by atoms with van der Waals surface area (Å²) < 4.78 is 0. The van der Waals surface area contributed by atoms with Crippen LogP contribution in [0.25, 0.3) is 0 Å². The van der Waals surface area contributed by atoms with Gasteiger partial charge in [-0.1, -0.05) is 89.5 Å². The number of aliphatic carboxylic acids is 4. The van der Waals surface area contributed by atoms with E-state index in [4.69, 9.17) is 22.9 Å². The van der Waals surface area contributed by atoms with E-state index in [9.17, 15) is 121 Å². The fraction of sp³-hybridized carbons (Fsp3) is 0.688. The predicted octanol–water partition coefficient (Wildman–Crippen LogP) is -3.14. The van der Waals surface area contributed by atoms with E-state index in [1.807, 2.05) is 27.7 Å². The van der Waals surface area contributed by atoms with Crippen molar-refractivity contribution in [3.63, 3.8) is 0 Å². The summed E-state index contributed by atoms with van der Waals surface area (Å²) in [6, 6.07) is -26.3. The molecule has 52 nitrogen and oxygen atoms in total. The highest BCUT2D eigenvalue weighted by Crippen LogP contribution is 2.19. The standard InChI is InChI=1S/C96H161N27O25/c1-49(2)34-67(118-82(133)61(100)22-16-19-31-97)87(138)107-55(13)79(130)115-70(37-52(7)8)90(141)110-62(23-17-20-32-98)83(134)119-68(35-50(3)4)88(139)108-56(14)80(131)116-71(38-53(9)10)91(142)111-63(24-18-21-33-99)84(135)120-69(36-51(5)6)89(140)109-57(15)81(132)117-72(39-54(11)12)92(143)123-74(41-59-44-102-47-105-59)94(145)113-64(25-28-76(124)125)85(136)121-73(40-58-43-101-46-104-58)93(144)112-65(26-29-77(126)127)86(137)122-75(42-60-45-103-48-106-60)95(146)114-66(96(147)148)27-30-78(128)129/h43-57,61-75H,16-42,97-100H2,1-15H3,(H,101,104)(H,102,105)(H,103,106)(H,107,138)(H,108,139)(H,109,140)(H,110,141)(H,111,142)(H,112,144)(H,113,145)(H,114,146)(H,115,130)(H,116,131)(H,117,132)(H,118,133)(H,119,134)(H,120,135)(H,121,136)(H,122,137)(H,123,143)(H,124,125)(H,126,127)(H,128,129)(H,147,148)/t55-,56-,57-,61-,62-,63-,64-,65-,66-,67-,68-,69-,70-,71-,72-,73-,74-,75-/m0/s1. The molecule has 17 amide bonds. The first-order valence-corrected chi connectivity index (χ1v) is 50.5. The number of nitrogens with zero attached hydrogens (tertiary/aromatic N) is 3. The number of unbranched alkanes of at least 4 members (excludes halogenated alkanes) is 3. The molecule has 3 aromatic rings. The van der Waals surface area contributed by atoms with Crippen molar-refractivity contribution in [3.8, 4) is 0 Å². The zero-order valence-corrected chi connectivity index (χ0v) is 87.4. The molecule has 32 N–H and O–H groups in total. The fourth-order valence-electron chi connectivity index (χ4n) is 15.5. The molecule has 52 heteroatoms. The number of aromatic nitrogens is 6. The van der Waals surface area contributed by atoms with Crippen LogP contribution in [-0.4, -0.2) is 303 Å². The molecule has 0 fully saturated rings. The normalized spacial score (nSPS) is 15.1. The van der Waals surface area contributed by atoms with Crippen molar-refractivity contribution in [2.45, 2.75) is 367 Å². The molecular weight excluding hydrogens is 1930 g/mol. The van der Waals surface area contributed by atoms with E-state index in [1.54, 1.807) is 55.4 Å². The molecule has 0 aliphatic carbocycles. The molecule has 0 saturated carbocycles. The number of carboxylic acids is 4. The molecule has 0 bridgehead atoms. The summed E-state index contributed by atoms with van der Waals surface area (Å²) in [5, 5.41) is 82.7. The second kappa shape index (κ2) is 67.3. The molecule has 18 atom stereocenters. The van der Waals surface area contributed by atoms with Crippen LogP contribution in [0.4, 0.5) is 0 Å². The molecule has 0 spiro atoms. The fourth-order valence-corrected chi connectivity index (χ4v) is 15.5. The average Bonchev–Trinajstić information content (AvgIpc) is 0.870. The average molecular weight is 2090 g/mol. The van der Waals surface area contributed by atoms with Crippen LogP contribution in [0.3, 0.4) is 0 Å². The van der Waals surface area contributed by atoms with Crippen molar-refractivity contribution in [3.05, 3.63) is 54.7 Å². The predicted molar refractivity (Wildman–Crippen MR) is 538 cm³/mol. The van der Waals surface area contributed by atoms with Crippen LogP contribution in [0.1, 0.15) is 256 Å². The maximum absolute atomic E-state index is 14.8. The van der Waals surface area contributed by atoms with Crippen LogP contribution >= 0.6 is 0 Å². The Balaban J connectivity index is 1.90. The van der Waals surface area contributed by atoms with Gasteiger partial charge in [0, 0.05) is 57.1 Å². The summed E-state index contributed by atoms with van der Waals surface area (Å²) in [6.07, 6.45) is 5.20. The van der Waals surface area contributed by atoms with Crippen LogP contribution in [0.15, 0.2) is 37.6 Å². The lowest BCUT2D eigenvalue weighted by atomic mass is 9.99. The highest BCUT2D eigenvalue weighted by Gasteiger charge is 2.41. The van der Waals surface area contributed by atoms with Crippen LogP contribution in [-0.2, 0) is 120 Å². The van der Waals surface area contributed by atoms with E-state index in [-0.39, 0.29) is 123 Å². The zero-order valence-electron chi connectivity index (χ0n) is 87.4. The molecule has 830 valence electrons. The van der Waals surface area contributed by atoms with E-state index in [2.05, 4.69) is 120 Å². The van der Waals surface area contributed by atoms with Crippen LogP contribution in [0, 0.1) is 35.5 Å². The largest absolute Gasteiger partial charge is 0.481 e. The monoisotopic (exact) mass is 2090 g/mol. The number of imidazole rings is 3. The van der Waals surface area contributed by atoms with Gasteiger partial charge in [-0.25, -0.2) is 19.7 Å². The number of rotatable bonds is 74. The van der Waals surface area contributed by atoms with Gasteiger partial charge in [-0.05, 0) is 185 Å². The molecule has 0 aliphatic rings. The van der Waals surface area contributed by atoms with Crippen molar-refractivity contribution >= 4 is 124 Å². The number of H-pyrrole nitrogens is 3. The van der Waals surface area contributed by atoms with Gasteiger partial charge in [0.25, 0.3) is 0 Å². The molecule has 3 aromatic heterocycles. The van der Waals surface area contributed by atoms with Gasteiger partial charge in [0.1, 0.15) is 103 Å². The van der Waals surface area contributed by atoms with E-state index in [1.165, 1.54) is 58.3 Å². The second-order valence-corrected chi connectivity index (χ2v) is 39.7. The Morgan fingerprint density at radius 1 is 0.243 bits per heavy atom. The van der Waals surface area contributed by atoms with Gasteiger partial charge in [-0.3, -0.25) is 95.9 Å². The van der Waals surface area contributed by atoms with Crippen LogP contribution in [0.2, 0.25) is 0 Å². The first-order valence-electron chi connectivity index (χ1n) is 50.5. The third-order valence-corrected chi connectivity index (χ3v) is 23.4. The van der Waals surface area contributed by atoms with Gasteiger partial charge in [0.15, 0.2) is 0 Å². The number of carbonyl (C=O) groups is 21. The number of hydrogen-bond donors (Lipinski definition) is 28. The molecule has 148 heavy (non-hydrogen) atoms. The zero-order chi connectivity index (χ0) is 111. The van der Waals surface area contributed by atoms with Gasteiger partial charge < -0.3 is 149 Å². The van der Waals surface area contributed by atoms with Crippen LogP contribution in [0.5, 0.6) is 0 Å². The highest BCUT2D eigenvalue weighted by atomic mass is 16.4. The smallest absolute Gasteiger partial charge is 0.326 e. The van der Waals surface area contributed by atoms with E-state index >= 15 is 0 Å². The number of amides is 17. The first kappa shape index (κ1) is 128. The quantitative estimate of drug-likeness (QED) is 0.0248. The number of hydrogen-bond acceptors (Lipinski definition) is 28. The van der Waals surface area contributed by atoms with Crippen LogP contribution < -0.4 is 113 Å². The summed E-state index contributed by atoms with van der Waals surface area (Å²) in [5.74, 6) is -23.1. The summed E-state index contributed by atoms with van der Waals surface area (Å²) in [4.78, 5) is 312. The molecule has 3 heterocycles. The molecular formula is C96H161N27O25. The van der Waals surface area contributed by atoms with Gasteiger partial charge in [-0.2, -0.15) is 0 Å². The van der Waals surface area contributed by atoms with E-state index in [0.717, 1.165) is 0 Å². The highest BCUT2D eigenvalue weighted by molar-refractivity contribution is 6.02. The van der Waals surface area contributed by atoms with Gasteiger partial charge in [0.05, 0.1) is 42.1 Å². The minimum atomic E-state index is -1.88. The Hall–Kier alpha value is -13.7. The molecule has 0 aromatic carbocycles. The summed E-state index contributed by atoms with van der Waals surface area (Å²) in [7, 11) is 0. The Kier molecular flexibility index (Phi) is 58.4. The van der Waals surface area contributed by atoms with Crippen molar-refractivity contribution in [2.24, 2.45) is 58.4 Å². The molecule has 0 unspecified atom stereocenters. The summed E-state index contributed by atoms with van der Waals surface area (Å²) >= 11 is 0. The Labute approximate surface area is 861 Å². The molecule has 0 aliphatic heterocycles. The minimum Gasteiger partial charge on any atom is -0.481 e. The van der Waals surface area contributed by atoms with Crippen molar-refractivity contribution in [2.75, 3.05) is 19.6 Å². The maximum Gasteiger partial charge on any atom is 0.326 e. The topological polar surface area (TPSA) is 834 Å². The van der Waals surface area contributed by atoms with Gasteiger partial charge in [0.2, 0.25) is 100 Å². The first-order chi connectivity index (χ1) is 69.6. The number of nitrogens with two attached hydrogens (primary N) is 4. The molecule has 3 rings (SSSR count). The van der Waals surface area contributed by atoms with Crippen molar-refractivity contribution < 1.29 is 121 Å². The lowest BCUT2D eigenvalue weighted by Gasteiger charge is -2.29. The number of aromatic amines is 3. The Morgan fingerprint density at radius 2 is 0.432 bits per heavy atom. The Bertz CT molecular complexity index is 4770. The van der Waals surface area contributed by atoms with Gasteiger partial charge >= 0.3 is 23.9 Å². The third-order valence-electron chi connectivity index (χ3n) is 23.4. The van der Waals surface area contributed by atoms with Crippen molar-refractivity contribution in [1.29, 1.82) is 0 Å². The SMILES string of the molecule is CC(C)C[C@H](NC(=O)[C@H](C)NC(=O)[C@H](CC(C)C)NC(=O)[C@@H](N)CCCCN)C(=O)N[C@@H](CCCCN)C(=O)N[C@@H](CC(C)C)C(=O)N[C@@H](C)C(=O)N[C@@H](CC(C)C)C(=O)N[C@@H](CCCCN)C(=O)N[C@@H](CC(C)C)C(=O)N[C@@H](C)C(=O)N[C@@H](CC(C)C)C(=O)N[C@@H](Cc1c[nH]cn1)C(=O)N[C@@H](CCC(=O)O)C(=O)N[C@@H](Cc1c[nH]cn1)C(=O)N[C@@H](CCC(=O)O)C(=O)N[C@@H](Cc1c[nH]cn1)C(=O)N[C@@H](CCC(=O)O)C(=O)O. The molecule has 0 saturated heterocycles. The van der Waals surface area contributed by atoms with Gasteiger partial charge in [-0.15, -0.1) is 0 Å². The van der Waals surface area contributed by atoms with E-state index < -0.39 is 291 Å². The number of nitrogens with one attached hydrogen (secondary N) is 20. The second-order valence-electron chi connectivity index (χ2n) is 39.7. The van der Waals surface area contributed by atoms with E-state index in [0.29, 0.717) is 45.1 Å². The summed E-state index contributed by atoms with van der Waals surface area (Å²) in [5.41, 5.74) is 23.9. The third kappa shape index (κ3) is 50.2. The lowest BCUT2D eigenvalue weighted by molar-refractivity contribution is -0.143. The van der Waals surface area contributed by atoms with Crippen molar-refractivity contribution in [1.82, 2.24) is 120 Å². The maximum atomic E-state index is 14.8. The number of carboxylic acid groups (broad SMARTS) is 4. The Morgan fingerprint density at radius 3 is 0.655 bits per heavy atom. The molecule has 0 radical (unpaired) electrons. The lowest BCUT2D eigenvalue weighted by Crippen LogP contribution is -2.61. The minimum absolute atomic E-state index is 0.00829. The number of carbonyl (C=O) groups excluding carboxylic acids is 17. The summed E-state index contributed by atoms with van der Waals surface area (Å²) in [6.45, 7) is 26.2.